The van der Waals surface area contributed by atoms with Crippen LogP contribution in [0.5, 0.6) is 0 Å². The Morgan fingerprint density at radius 1 is 0.690 bits per heavy atom. The van der Waals surface area contributed by atoms with Gasteiger partial charge in [0, 0.05) is 18.6 Å². The lowest BCUT2D eigenvalue weighted by Crippen LogP contribution is -3.00. The molecule has 0 atom stereocenters. The Morgan fingerprint density at radius 2 is 1.14 bits per heavy atom. The zero-order valence-electron chi connectivity index (χ0n) is 18.8. The van der Waals surface area contributed by atoms with Crippen LogP contribution < -0.4 is 21.5 Å². The van der Waals surface area contributed by atoms with Crippen LogP contribution in [0.15, 0.2) is 30.6 Å². The monoisotopic (exact) mass is 469 g/mol. The van der Waals surface area contributed by atoms with E-state index in [9.17, 15) is 4.79 Å². The molecule has 0 amide bonds. The van der Waals surface area contributed by atoms with Crippen LogP contribution in [-0.2, 0) is 16.1 Å². The Labute approximate surface area is 190 Å². The summed E-state index contributed by atoms with van der Waals surface area (Å²) in [5.41, 5.74) is 0. The number of unbranched alkanes of at least 4 members (excludes halogenated alkanes) is 14. The Morgan fingerprint density at radius 3 is 1.62 bits per heavy atom. The van der Waals surface area contributed by atoms with E-state index in [1.165, 1.54) is 83.5 Å². The number of ether oxygens (including phenoxy) is 1. The number of carbonyl (C=O) groups is 1. The number of aromatic nitrogens is 1. The van der Waals surface area contributed by atoms with Gasteiger partial charge in [-0.05, 0) is 6.42 Å². The summed E-state index contributed by atoms with van der Waals surface area (Å²) in [4.78, 5) is 11.7. The number of esters is 1. The molecule has 0 N–H and O–H groups in total. The highest BCUT2D eigenvalue weighted by molar-refractivity contribution is 5.69. The molecule has 4 heteroatoms. The second-order valence-electron chi connectivity index (χ2n) is 8.03. The maximum atomic E-state index is 11.7. The van der Waals surface area contributed by atoms with Crippen LogP contribution in [0.1, 0.15) is 110 Å². The van der Waals surface area contributed by atoms with Crippen molar-refractivity contribution in [3.05, 3.63) is 30.6 Å². The molecular weight excluding hydrogens is 426 g/mol. The number of rotatable bonds is 19. The predicted molar refractivity (Wildman–Crippen MR) is 117 cm³/mol. The van der Waals surface area contributed by atoms with E-state index in [1.54, 1.807) is 0 Å². The minimum Gasteiger partial charge on any atom is -1.00 e. The van der Waals surface area contributed by atoms with Crippen molar-refractivity contribution < 1.29 is 31.1 Å². The van der Waals surface area contributed by atoms with Crippen molar-refractivity contribution >= 4 is 5.97 Å². The van der Waals surface area contributed by atoms with E-state index in [0.717, 1.165) is 19.4 Å². The zero-order chi connectivity index (χ0) is 20.1. The summed E-state index contributed by atoms with van der Waals surface area (Å²) < 4.78 is 7.33. The van der Waals surface area contributed by atoms with Crippen LogP contribution in [0.3, 0.4) is 0 Å². The van der Waals surface area contributed by atoms with Crippen LogP contribution in [-0.4, -0.2) is 12.6 Å². The first-order valence-electron chi connectivity index (χ1n) is 11.9. The van der Waals surface area contributed by atoms with E-state index >= 15 is 0 Å². The standard InChI is InChI=1S/C25H44NO2.BrH/c1-2-3-4-5-6-7-8-9-10-11-12-13-14-15-17-20-25(27)28-24-23-26-21-18-16-19-22-26;/h16,18-19,21-22H,2-15,17,20,23-24H2,1H3;1H/q+1;/p-1. The molecule has 0 spiro atoms. The second-order valence-corrected chi connectivity index (χ2v) is 8.03. The quantitative estimate of drug-likeness (QED) is 0.175. The molecule has 0 saturated carbocycles. The van der Waals surface area contributed by atoms with Gasteiger partial charge in [-0.3, -0.25) is 4.79 Å². The Balaban J connectivity index is 0.00000784. The molecule has 0 aliphatic carbocycles. The van der Waals surface area contributed by atoms with Gasteiger partial charge in [0.05, 0.1) is 0 Å². The highest BCUT2D eigenvalue weighted by Gasteiger charge is 2.05. The fourth-order valence-corrected chi connectivity index (χ4v) is 3.56. The molecule has 1 heterocycles. The third-order valence-corrected chi connectivity index (χ3v) is 5.37. The number of carbonyl (C=O) groups excluding carboxylic acids is 1. The largest absolute Gasteiger partial charge is 1.00 e. The lowest BCUT2D eigenvalue weighted by atomic mass is 10.0. The molecule has 0 saturated heterocycles. The van der Waals surface area contributed by atoms with E-state index in [-0.39, 0.29) is 23.0 Å². The highest BCUT2D eigenvalue weighted by Crippen LogP contribution is 2.13. The second kappa shape index (κ2) is 21.8. The first-order chi connectivity index (χ1) is 13.8. The average molecular weight is 471 g/mol. The molecule has 0 bridgehead atoms. The van der Waals surface area contributed by atoms with Gasteiger partial charge in [0.1, 0.15) is 0 Å². The number of halogens is 1. The SMILES string of the molecule is CCCCCCCCCCCCCCCCCC(=O)OCC[n+]1ccccc1.[Br-]. The summed E-state index contributed by atoms with van der Waals surface area (Å²) in [6.45, 7) is 3.47. The first kappa shape index (κ1) is 28.1. The van der Waals surface area contributed by atoms with Gasteiger partial charge in [0.2, 0.25) is 0 Å². The molecule has 1 rings (SSSR count). The van der Waals surface area contributed by atoms with E-state index in [4.69, 9.17) is 4.74 Å². The summed E-state index contributed by atoms with van der Waals surface area (Å²) in [6, 6.07) is 5.95. The Bertz CT molecular complexity index is 467. The van der Waals surface area contributed by atoms with Crippen molar-refractivity contribution in [2.24, 2.45) is 0 Å². The number of hydrogen-bond donors (Lipinski definition) is 0. The molecule has 0 aliphatic rings. The fourth-order valence-electron chi connectivity index (χ4n) is 3.56. The van der Waals surface area contributed by atoms with Crippen molar-refractivity contribution in [1.29, 1.82) is 0 Å². The van der Waals surface area contributed by atoms with Gasteiger partial charge in [0.25, 0.3) is 0 Å². The van der Waals surface area contributed by atoms with Gasteiger partial charge in [-0.1, -0.05) is 103 Å². The maximum absolute atomic E-state index is 11.7. The lowest BCUT2D eigenvalue weighted by Gasteiger charge is -2.04. The van der Waals surface area contributed by atoms with E-state index in [2.05, 4.69) is 6.92 Å². The molecule has 0 radical (unpaired) electrons. The topological polar surface area (TPSA) is 30.2 Å². The molecular formula is C25H44BrNO2. The number of hydrogen-bond acceptors (Lipinski definition) is 2. The van der Waals surface area contributed by atoms with E-state index in [0.29, 0.717) is 13.0 Å². The molecule has 1 aromatic heterocycles. The van der Waals surface area contributed by atoms with Crippen LogP contribution in [0, 0.1) is 0 Å². The van der Waals surface area contributed by atoms with Gasteiger partial charge in [0.15, 0.2) is 25.5 Å². The smallest absolute Gasteiger partial charge is 0.306 e. The van der Waals surface area contributed by atoms with E-state index < -0.39 is 0 Å². The molecule has 0 unspecified atom stereocenters. The van der Waals surface area contributed by atoms with Crippen LogP contribution >= 0.6 is 0 Å². The normalized spacial score (nSPS) is 10.5. The van der Waals surface area contributed by atoms with Gasteiger partial charge >= 0.3 is 5.97 Å². The number of pyridine rings is 1. The van der Waals surface area contributed by atoms with Gasteiger partial charge in [-0.25, -0.2) is 4.57 Å². The highest BCUT2D eigenvalue weighted by atomic mass is 79.9. The van der Waals surface area contributed by atoms with Gasteiger partial charge in [-0.15, -0.1) is 0 Å². The average Bonchev–Trinajstić information content (AvgIpc) is 2.71. The fraction of sp³-hybridized carbons (Fsp3) is 0.760. The molecule has 3 nitrogen and oxygen atoms in total. The van der Waals surface area contributed by atoms with Gasteiger partial charge in [-0.2, -0.15) is 0 Å². The van der Waals surface area contributed by atoms with Crippen molar-refractivity contribution in [1.82, 2.24) is 0 Å². The van der Waals surface area contributed by atoms with Crippen LogP contribution in [0.4, 0.5) is 0 Å². The van der Waals surface area contributed by atoms with Crippen molar-refractivity contribution in [2.75, 3.05) is 6.61 Å². The summed E-state index contributed by atoms with van der Waals surface area (Å²) in [5, 5.41) is 0. The molecule has 29 heavy (non-hydrogen) atoms. The summed E-state index contributed by atoms with van der Waals surface area (Å²) in [6.07, 6.45) is 24.7. The molecule has 0 aromatic carbocycles. The van der Waals surface area contributed by atoms with Crippen molar-refractivity contribution in [2.45, 2.75) is 116 Å². The van der Waals surface area contributed by atoms with Crippen LogP contribution in [0.25, 0.3) is 0 Å². The lowest BCUT2D eigenvalue weighted by molar-refractivity contribution is -0.697. The molecule has 1 aromatic rings. The predicted octanol–water partition coefficient (Wildman–Crippen LogP) is 3.78. The summed E-state index contributed by atoms with van der Waals surface area (Å²) in [5.74, 6) is -0.0498. The maximum Gasteiger partial charge on any atom is 0.306 e. The number of nitrogens with zero attached hydrogens (tertiary/aromatic N) is 1. The summed E-state index contributed by atoms with van der Waals surface area (Å²) in [7, 11) is 0. The molecule has 0 fully saturated rings. The first-order valence-corrected chi connectivity index (χ1v) is 11.9. The third-order valence-electron chi connectivity index (χ3n) is 5.37. The molecule has 168 valence electrons. The Hall–Kier alpha value is -0.900. The van der Waals surface area contributed by atoms with E-state index in [1.807, 2.05) is 35.2 Å². The van der Waals surface area contributed by atoms with Crippen LogP contribution in [0.2, 0.25) is 0 Å². The zero-order valence-corrected chi connectivity index (χ0v) is 20.3. The molecule has 0 aliphatic heterocycles. The third kappa shape index (κ3) is 18.8. The van der Waals surface area contributed by atoms with Crippen molar-refractivity contribution in [3.8, 4) is 0 Å². The minimum atomic E-state index is -0.0498. The van der Waals surface area contributed by atoms with Gasteiger partial charge < -0.3 is 21.7 Å². The Kier molecular flexibility index (Phi) is 21.1. The van der Waals surface area contributed by atoms with Crippen molar-refractivity contribution in [3.63, 3.8) is 0 Å². The minimum absolute atomic E-state index is 0. The summed E-state index contributed by atoms with van der Waals surface area (Å²) >= 11 is 0.